The molecule has 1 amide bonds. The van der Waals surface area contributed by atoms with Crippen molar-refractivity contribution in [2.45, 2.75) is 75.9 Å². The molecule has 1 N–H and O–H groups in total. The minimum atomic E-state index is -5.41. The highest BCUT2D eigenvalue weighted by Gasteiger charge is 2.46. The Bertz CT molecular complexity index is 2030. The summed E-state index contributed by atoms with van der Waals surface area (Å²) in [6.07, 6.45) is -18.8. The highest BCUT2D eigenvalue weighted by atomic mass is 19.4. The number of ether oxygens (including phenoxy) is 2. The Balaban J connectivity index is 1.90. The molecule has 0 aliphatic rings. The summed E-state index contributed by atoms with van der Waals surface area (Å²) in [5, 5.41) is 2.23. The number of rotatable bonds is 16. The monoisotopic (exact) mass is 825 g/mol. The minimum absolute atomic E-state index is 0.0755. The average molecular weight is 826 g/mol. The van der Waals surface area contributed by atoms with Crippen LogP contribution in [0.2, 0.25) is 0 Å². The van der Waals surface area contributed by atoms with Crippen molar-refractivity contribution < 1.29 is 76.1 Å². The van der Waals surface area contributed by atoms with Gasteiger partial charge in [0.15, 0.2) is 0 Å². The van der Waals surface area contributed by atoms with Crippen molar-refractivity contribution >= 4 is 11.9 Å². The van der Waals surface area contributed by atoms with Crippen LogP contribution in [0.1, 0.15) is 76.3 Å². The fourth-order valence-electron chi connectivity index (χ4n) is 5.93. The van der Waals surface area contributed by atoms with Gasteiger partial charge in [0.1, 0.15) is 23.2 Å². The molecule has 0 bridgehead atoms. The van der Waals surface area contributed by atoms with E-state index in [4.69, 9.17) is 4.74 Å². The molecule has 0 aliphatic carbocycles. The molecule has 57 heavy (non-hydrogen) atoms. The zero-order valence-corrected chi connectivity index (χ0v) is 29.6. The van der Waals surface area contributed by atoms with E-state index in [1.165, 1.54) is 12.1 Å². The molecule has 308 valence electrons. The van der Waals surface area contributed by atoms with E-state index in [2.05, 4.69) is 10.1 Å². The second-order valence-corrected chi connectivity index (χ2v) is 12.7. The number of hydrogen-bond donors (Lipinski definition) is 1. The number of halogens is 13. The maximum atomic E-state index is 15.3. The fraction of sp³-hybridized carbons (Fsp3) is 0.333. The van der Waals surface area contributed by atoms with Gasteiger partial charge in [-0.3, -0.25) is 9.59 Å². The molecule has 4 aromatic rings. The summed E-state index contributed by atoms with van der Waals surface area (Å²) >= 11 is 0. The van der Waals surface area contributed by atoms with Crippen LogP contribution in [0.3, 0.4) is 0 Å². The van der Waals surface area contributed by atoms with Gasteiger partial charge in [0.25, 0.3) is 5.91 Å². The molecule has 18 heteroatoms. The van der Waals surface area contributed by atoms with Crippen molar-refractivity contribution in [1.82, 2.24) is 5.32 Å². The lowest BCUT2D eigenvalue weighted by Gasteiger charge is -2.37. The van der Waals surface area contributed by atoms with Crippen molar-refractivity contribution in [2.24, 2.45) is 0 Å². The van der Waals surface area contributed by atoms with E-state index >= 15 is 4.39 Å². The SMILES string of the molecule is CCOC(=O)CCCCCc1ccc(CC(NC(=O)c2ccc(F)c(C(F)(F)F)c2)(c2cc(F)cc(OC(F)(F)C(F)F)c2)c2ccc(F)c(C(F)(F)F)c2)cc1. The Morgan fingerprint density at radius 2 is 1.28 bits per heavy atom. The third-order valence-electron chi connectivity index (χ3n) is 8.64. The predicted octanol–water partition coefficient (Wildman–Crippen LogP) is 11.0. The first kappa shape index (κ1) is 44.4. The van der Waals surface area contributed by atoms with Gasteiger partial charge in [-0.1, -0.05) is 36.8 Å². The standard InChI is InChI=1S/C39H32F13NO4/c1-2-56-33(54)7-5-3-4-6-22-8-10-23(11-9-22)21-36(25-13-15-32(42)30(19-25)38(48,49)50,26-17-27(40)20-28(18-26)57-39(51,52)35(43)44)53-34(55)24-12-14-31(41)29(16-24)37(45,46)47/h8-20,35H,2-7,21H2,1H3,(H,53,55). The highest BCUT2D eigenvalue weighted by molar-refractivity contribution is 5.95. The number of hydrogen-bond acceptors (Lipinski definition) is 4. The summed E-state index contributed by atoms with van der Waals surface area (Å²) in [6, 6.07) is 9.24. The lowest BCUT2D eigenvalue weighted by Crippen LogP contribution is -2.49. The van der Waals surface area contributed by atoms with E-state index < -0.39 is 93.8 Å². The van der Waals surface area contributed by atoms with Crippen molar-refractivity contribution in [1.29, 1.82) is 0 Å². The average Bonchev–Trinajstić information content (AvgIpc) is 3.10. The molecule has 0 heterocycles. The maximum Gasteiger partial charge on any atom is 0.461 e. The third-order valence-corrected chi connectivity index (χ3v) is 8.64. The van der Waals surface area contributed by atoms with Gasteiger partial charge in [0.05, 0.1) is 23.3 Å². The van der Waals surface area contributed by atoms with Gasteiger partial charge < -0.3 is 14.8 Å². The molecule has 1 unspecified atom stereocenters. The molecule has 4 rings (SSSR count). The molecule has 0 saturated carbocycles. The van der Waals surface area contributed by atoms with Gasteiger partial charge in [-0.25, -0.2) is 13.2 Å². The molecule has 1 atom stereocenters. The van der Waals surface area contributed by atoms with Crippen LogP contribution in [-0.4, -0.2) is 31.0 Å². The molecule has 0 saturated heterocycles. The van der Waals surface area contributed by atoms with Crippen molar-refractivity contribution in [3.8, 4) is 5.75 Å². The molecule has 0 radical (unpaired) electrons. The number of nitrogens with one attached hydrogen (secondary N) is 1. The van der Waals surface area contributed by atoms with Crippen LogP contribution in [-0.2, 0) is 40.3 Å². The van der Waals surface area contributed by atoms with Gasteiger partial charge in [-0.15, -0.1) is 0 Å². The summed E-state index contributed by atoms with van der Waals surface area (Å²) in [4.78, 5) is 25.4. The summed E-state index contributed by atoms with van der Waals surface area (Å²) in [7, 11) is 0. The van der Waals surface area contributed by atoms with Gasteiger partial charge in [0, 0.05) is 24.5 Å². The summed E-state index contributed by atoms with van der Waals surface area (Å²) in [5.74, 6) is -8.37. The maximum absolute atomic E-state index is 15.3. The number of carbonyl (C=O) groups excluding carboxylic acids is 2. The van der Waals surface area contributed by atoms with Crippen LogP contribution >= 0.6 is 0 Å². The minimum Gasteiger partial charge on any atom is -0.466 e. The zero-order chi connectivity index (χ0) is 42.3. The topological polar surface area (TPSA) is 64.6 Å². The lowest BCUT2D eigenvalue weighted by molar-refractivity contribution is -0.253. The third kappa shape index (κ3) is 11.4. The number of carbonyl (C=O) groups is 2. The van der Waals surface area contributed by atoms with E-state index in [9.17, 15) is 62.3 Å². The van der Waals surface area contributed by atoms with Gasteiger partial charge in [0.2, 0.25) is 0 Å². The summed E-state index contributed by atoms with van der Waals surface area (Å²) in [6.45, 7) is 1.90. The molecule has 0 fully saturated rings. The van der Waals surface area contributed by atoms with Crippen molar-refractivity contribution in [3.05, 3.63) is 135 Å². The summed E-state index contributed by atoms with van der Waals surface area (Å²) < 4.78 is 191. The van der Waals surface area contributed by atoms with E-state index in [1.54, 1.807) is 19.1 Å². The Hall–Kier alpha value is -5.29. The largest absolute Gasteiger partial charge is 0.466 e. The Labute approximate surface area is 316 Å². The molecular formula is C39H32F13NO4. The molecule has 5 nitrogen and oxygen atoms in total. The van der Waals surface area contributed by atoms with E-state index in [1.807, 2.05) is 0 Å². The number of esters is 1. The Morgan fingerprint density at radius 1 is 0.684 bits per heavy atom. The van der Waals surface area contributed by atoms with Crippen molar-refractivity contribution in [3.63, 3.8) is 0 Å². The Kier molecular flexibility index (Phi) is 13.9. The molecule has 4 aromatic carbocycles. The summed E-state index contributed by atoms with van der Waals surface area (Å²) in [5.41, 5.74) is -8.14. The van der Waals surface area contributed by atoms with Gasteiger partial charge in [-0.05, 0) is 90.9 Å². The molecule has 0 spiro atoms. The number of amides is 1. The van der Waals surface area contributed by atoms with Gasteiger partial charge >= 0.3 is 30.9 Å². The normalized spacial score (nSPS) is 13.3. The number of unbranched alkanes of at least 4 members (excludes halogenated alkanes) is 2. The highest BCUT2D eigenvalue weighted by Crippen LogP contribution is 2.41. The fourth-order valence-corrected chi connectivity index (χ4v) is 5.93. The molecule has 0 aliphatic heterocycles. The van der Waals surface area contributed by atoms with Gasteiger partial charge in [-0.2, -0.15) is 43.9 Å². The van der Waals surface area contributed by atoms with Crippen molar-refractivity contribution in [2.75, 3.05) is 6.61 Å². The number of benzene rings is 4. The van der Waals surface area contributed by atoms with Crippen LogP contribution in [0.5, 0.6) is 5.75 Å². The second kappa shape index (κ2) is 17.9. The van der Waals surface area contributed by atoms with Crippen LogP contribution in [0, 0.1) is 17.5 Å². The second-order valence-electron chi connectivity index (χ2n) is 12.7. The smallest absolute Gasteiger partial charge is 0.461 e. The first-order valence-electron chi connectivity index (χ1n) is 17.0. The zero-order valence-electron chi connectivity index (χ0n) is 29.6. The van der Waals surface area contributed by atoms with Crippen LogP contribution < -0.4 is 10.1 Å². The van der Waals surface area contributed by atoms with E-state index in [-0.39, 0.29) is 48.8 Å². The van der Waals surface area contributed by atoms with Crippen LogP contribution in [0.4, 0.5) is 57.1 Å². The Morgan fingerprint density at radius 3 is 1.88 bits per heavy atom. The molecular weight excluding hydrogens is 793 g/mol. The lowest BCUT2D eigenvalue weighted by atomic mass is 9.76. The molecule has 0 aromatic heterocycles. The number of alkyl halides is 10. The van der Waals surface area contributed by atoms with E-state index in [0.717, 1.165) is 0 Å². The first-order chi connectivity index (χ1) is 26.6. The first-order valence-corrected chi connectivity index (χ1v) is 17.0. The van der Waals surface area contributed by atoms with E-state index in [0.29, 0.717) is 61.6 Å². The number of aryl methyl sites for hydroxylation is 1. The predicted molar refractivity (Wildman–Crippen MR) is 178 cm³/mol. The van der Waals surface area contributed by atoms with Crippen LogP contribution in [0.15, 0.2) is 78.9 Å². The quantitative estimate of drug-likeness (QED) is 0.0694. The van der Waals surface area contributed by atoms with Crippen LogP contribution in [0.25, 0.3) is 0 Å².